The molecule has 4 aromatic rings. The number of hydrogen-bond donors (Lipinski definition) is 3. The highest BCUT2D eigenvalue weighted by molar-refractivity contribution is 5.98. The van der Waals surface area contributed by atoms with E-state index in [-0.39, 0.29) is 43.0 Å². The van der Waals surface area contributed by atoms with Gasteiger partial charge in [0.25, 0.3) is 5.56 Å². The molecule has 0 bridgehead atoms. The van der Waals surface area contributed by atoms with Gasteiger partial charge in [-0.3, -0.25) is 19.1 Å². The van der Waals surface area contributed by atoms with E-state index in [1.54, 1.807) is 24.3 Å². The Kier molecular flexibility index (Phi) is 7.23. The molecule has 0 saturated carbocycles. The Hall–Kier alpha value is -4.74. The normalized spacial score (nSPS) is 11.0. The summed E-state index contributed by atoms with van der Waals surface area (Å²) < 4.78 is 2.77. The monoisotopic (exact) mass is 489 g/mol. The van der Waals surface area contributed by atoms with Gasteiger partial charge in [-0.15, -0.1) is 5.10 Å². The number of carbonyl (C=O) groups is 1. The first-order chi connectivity index (χ1) is 17.3. The summed E-state index contributed by atoms with van der Waals surface area (Å²) in [5.74, 6) is -0.388. The number of rotatable bonds is 9. The Morgan fingerprint density at radius 2 is 1.83 bits per heavy atom. The summed E-state index contributed by atoms with van der Waals surface area (Å²) in [6.07, 6.45) is 1.48. The number of nitrogen functional groups attached to an aromatic ring is 1. The first-order valence-electron chi connectivity index (χ1n) is 11.4. The molecule has 0 fully saturated rings. The average molecular weight is 490 g/mol. The molecule has 2 heterocycles. The molecule has 1 amide bonds. The van der Waals surface area contributed by atoms with Crippen LogP contribution in [0.2, 0.25) is 0 Å². The standard InChI is InChI=1S/C24H27N9O3/c1-16(2)13-31(20(34)12-26-18-8-10-19(11-9-18)33-15-27-29-30-33)21-22(25)32(24(36)28-23(21)35)14-17-6-4-3-5-7-17/h3-11,15-16,26H,12-14,25H2,1-2H3,(H,28,35,36). The Balaban J connectivity index is 1.58. The molecule has 2 aromatic carbocycles. The van der Waals surface area contributed by atoms with E-state index in [1.165, 1.54) is 20.5 Å². The number of aromatic nitrogens is 6. The lowest BCUT2D eigenvalue weighted by Gasteiger charge is -2.26. The number of aromatic amines is 1. The van der Waals surface area contributed by atoms with Crippen LogP contribution in [-0.2, 0) is 11.3 Å². The van der Waals surface area contributed by atoms with Crippen LogP contribution in [0.3, 0.4) is 0 Å². The number of H-pyrrole nitrogens is 1. The number of tetrazole rings is 1. The molecule has 0 aliphatic heterocycles. The van der Waals surface area contributed by atoms with Crippen LogP contribution >= 0.6 is 0 Å². The van der Waals surface area contributed by atoms with Crippen molar-refractivity contribution in [1.29, 1.82) is 0 Å². The lowest BCUT2D eigenvalue weighted by molar-refractivity contribution is -0.117. The minimum absolute atomic E-state index is 0.0397. The number of hydrogen-bond acceptors (Lipinski definition) is 8. The summed E-state index contributed by atoms with van der Waals surface area (Å²) in [7, 11) is 0. The zero-order valence-corrected chi connectivity index (χ0v) is 20.0. The van der Waals surface area contributed by atoms with Crippen LogP contribution in [0.4, 0.5) is 17.2 Å². The van der Waals surface area contributed by atoms with Gasteiger partial charge in [0.05, 0.1) is 18.8 Å². The van der Waals surface area contributed by atoms with Crippen molar-refractivity contribution < 1.29 is 4.79 Å². The van der Waals surface area contributed by atoms with Crippen molar-refractivity contribution >= 4 is 23.1 Å². The van der Waals surface area contributed by atoms with Gasteiger partial charge < -0.3 is 16.0 Å². The van der Waals surface area contributed by atoms with E-state index in [4.69, 9.17) is 5.73 Å². The van der Waals surface area contributed by atoms with Gasteiger partial charge in [-0.2, -0.15) is 0 Å². The molecule has 186 valence electrons. The van der Waals surface area contributed by atoms with Gasteiger partial charge in [-0.05, 0) is 46.2 Å². The molecule has 2 aromatic heterocycles. The lowest BCUT2D eigenvalue weighted by Crippen LogP contribution is -2.44. The van der Waals surface area contributed by atoms with E-state index >= 15 is 0 Å². The smallest absolute Gasteiger partial charge is 0.330 e. The van der Waals surface area contributed by atoms with Crippen molar-refractivity contribution in [3.8, 4) is 5.69 Å². The summed E-state index contributed by atoms with van der Waals surface area (Å²) in [4.78, 5) is 42.3. The van der Waals surface area contributed by atoms with Gasteiger partial charge >= 0.3 is 5.69 Å². The second-order valence-electron chi connectivity index (χ2n) is 8.62. The van der Waals surface area contributed by atoms with E-state index in [0.717, 1.165) is 11.3 Å². The van der Waals surface area contributed by atoms with Crippen molar-refractivity contribution in [2.24, 2.45) is 5.92 Å². The zero-order valence-electron chi connectivity index (χ0n) is 20.0. The highest BCUT2D eigenvalue weighted by atomic mass is 16.2. The van der Waals surface area contributed by atoms with Crippen molar-refractivity contribution in [2.75, 3.05) is 29.0 Å². The molecule has 4 rings (SSSR count). The summed E-state index contributed by atoms with van der Waals surface area (Å²) in [6, 6.07) is 16.4. The molecular formula is C24H27N9O3. The molecule has 0 saturated heterocycles. The summed E-state index contributed by atoms with van der Waals surface area (Å²) in [6.45, 7) is 4.17. The highest BCUT2D eigenvalue weighted by Crippen LogP contribution is 2.20. The molecule has 0 radical (unpaired) electrons. The van der Waals surface area contributed by atoms with Crippen LogP contribution in [0.5, 0.6) is 0 Å². The van der Waals surface area contributed by atoms with Crippen molar-refractivity contribution in [2.45, 2.75) is 20.4 Å². The number of carbonyl (C=O) groups excluding carboxylic acids is 1. The Bertz CT molecular complexity index is 1430. The molecule has 12 heteroatoms. The molecule has 36 heavy (non-hydrogen) atoms. The van der Waals surface area contributed by atoms with Gasteiger partial charge in [0, 0.05) is 12.2 Å². The van der Waals surface area contributed by atoms with E-state index in [1.807, 2.05) is 44.2 Å². The maximum Gasteiger partial charge on any atom is 0.330 e. The van der Waals surface area contributed by atoms with Crippen LogP contribution in [0.15, 0.2) is 70.5 Å². The van der Waals surface area contributed by atoms with Gasteiger partial charge in [0.15, 0.2) is 5.69 Å². The number of nitrogens with zero attached hydrogens (tertiary/aromatic N) is 6. The van der Waals surface area contributed by atoms with E-state index in [0.29, 0.717) is 5.69 Å². The largest absolute Gasteiger partial charge is 0.383 e. The van der Waals surface area contributed by atoms with Crippen molar-refractivity contribution in [3.63, 3.8) is 0 Å². The van der Waals surface area contributed by atoms with Crippen molar-refractivity contribution in [1.82, 2.24) is 29.8 Å². The average Bonchev–Trinajstić information content (AvgIpc) is 3.40. The Morgan fingerprint density at radius 1 is 1.11 bits per heavy atom. The first kappa shape index (κ1) is 24.4. The van der Waals surface area contributed by atoms with E-state index < -0.39 is 11.2 Å². The topological polar surface area (TPSA) is 157 Å². The second-order valence-corrected chi connectivity index (χ2v) is 8.62. The molecule has 0 spiro atoms. The summed E-state index contributed by atoms with van der Waals surface area (Å²) in [5, 5.41) is 14.1. The quantitative estimate of drug-likeness (QED) is 0.317. The molecular weight excluding hydrogens is 462 g/mol. The SMILES string of the molecule is CC(C)CN(C(=O)CNc1ccc(-n2cnnn2)cc1)c1c(N)n(Cc2ccccc2)c(=O)[nH]c1=O. The molecule has 0 atom stereocenters. The molecule has 12 nitrogen and oxygen atoms in total. The lowest BCUT2D eigenvalue weighted by atomic mass is 10.2. The fraction of sp³-hybridized carbons (Fsp3) is 0.250. The zero-order chi connectivity index (χ0) is 25.7. The van der Waals surface area contributed by atoms with Crippen molar-refractivity contribution in [3.05, 3.63) is 87.3 Å². The fourth-order valence-corrected chi connectivity index (χ4v) is 3.73. The summed E-state index contributed by atoms with van der Waals surface area (Å²) in [5.41, 5.74) is 7.23. The number of amides is 1. The van der Waals surface area contributed by atoms with Gasteiger partial charge in [-0.25, -0.2) is 9.48 Å². The second kappa shape index (κ2) is 10.7. The third kappa shape index (κ3) is 5.49. The van der Waals surface area contributed by atoms with E-state index in [9.17, 15) is 14.4 Å². The van der Waals surface area contributed by atoms with Crippen LogP contribution in [-0.4, -0.2) is 48.8 Å². The number of benzene rings is 2. The highest BCUT2D eigenvalue weighted by Gasteiger charge is 2.25. The third-order valence-corrected chi connectivity index (χ3v) is 5.44. The Morgan fingerprint density at radius 3 is 2.47 bits per heavy atom. The van der Waals surface area contributed by atoms with Crippen LogP contribution in [0, 0.1) is 5.92 Å². The third-order valence-electron chi connectivity index (χ3n) is 5.44. The predicted octanol–water partition coefficient (Wildman–Crippen LogP) is 1.24. The number of nitrogens with two attached hydrogens (primary N) is 1. The minimum Gasteiger partial charge on any atom is -0.383 e. The van der Waals surface area contributed by atoms with Gasteiger partial charge in [-0.1, -0.05) is 44.2 Å². The number of nitrogens with one attached hydrogen (secondary N) is 2. The molecule has 4 N–H and O–H groups in total. The minimum atomic E-state index is -0.707. The fourth-order valence-electron chi connectivity index (χ4n) is 3.73. The van der Waals surface area contributed by atoms with Crippen LogP contribution in [0.25, 0.3) is 5.69 Å². The van der Waals surface area contributed by atoms with Gasteiger partial charge in [0.1, 0.15) is 12.1 Å². The van der Waals surface area contributed by atoms with Gasteiger partial charge in [0.2, 0.25) is 5.91 Å². The van der Waals surface area contributed by atoms with Crippen LogP contribution in [0.1, 0.15) is 19.4 Å². The Labute approximate surface area is 206 Å². The maximum absolute atomic E-state index is 13.3. The predicted molar refractivity (Wildman–Crippen MR) is 136 cm³/mol. The molecule has 0 aliphatic carbocycles. The molecule has 0 unspecified atom stereocenters. The first-order valence-corrected chi connectivity index (χ1v) is 11.4. The van der Waals surface area contributed by atoms with Crippen LogP contribution < -0.4 is 27.2 Å². The number of anilines is 3. The maximum atomic E-state index is 13.3. The molecule has 0 aliphatic rings. The summed E-state index contributed by atoms with van der Waals surface area (Å²) >= 11 is 0. The van der Waals surface area contributed by atoms with E-state index in [2.05, 4.69) is 25.8 Å².